The Morgan fingerprint density at radius 1 is 1.25 bits per heavy atom. The van der Waals surface area contributed by atoms with Crippen LogP contribution >= 0.6 is 23.2 Å². The Kier molecular flexibility index (Phi) is 6.43. The van der Waals surface area contributed by atoms with Crippen molar-refractivity contribution in [2.24, 2.45) is 0 Å². The molecule has 112 valence electrons. The summed E-state index contributed by atoms with van der Waals surface area (Å²) in [6.45, 7) is 2.64. The largest absolute Gasteiger partial charge is 0.491 e. The number of benzene rings is 1. The predicted octanol–water partition coefficient (Wildman–Crippen LogP) is 3.61. The van der Waals surface area contributed by atoms with Gasteiger partial charge in [0.05, 0.1) is 5.02 Å². The second-order valence-corrected chi connectivity index (χ2v) is 5.96. The van der Waals surface area contributed by atoms with Gasteiger partial charge in [0.25, 0.3) is 0 Å². The average Bonchev–Trinajstić information content (AvgIpc) is 2.36. The zero-order chi connectivity index (χ0) is 14.4. The minimum absolute atomic E-state index is 0.243. The van der Waals surface area contributed by atoms with Gasteiger partial charge in [0, 0.05) is 30.8 Å². The first kappa shape index (κ1) is 15.9. The van der Waals surface area contributed by atoms with Gasteiger partial charge in [-0.05, 0) is 37.5 Å². The summed E-state index contributed by atoms with van der Waals surface area (Å²) in [7, 11) is 0. The average molecular weight is 318 g/mol. The summed E-state index contributed by atoms with van der Waals surface area (Å²) in [6, 6.07) is 5.92. The highest BCUT2D eigenvalue weighted by Gasteiger charge is 2.24. The molecule has 20 heavy (non-hydrogen) atoms. The van der Waals surface area contributed by atoms with E-state index >= 15 is 0 Å². The lowest BCUT2D eigenvalue weighted by atomic mass is 9.91. The molecule has 0 aromatic heterocycles. The maximum Gasteiger partial charge on any atom is 0.138 e. The first-order valence-electron chi connectivity index (χ1n) is 7.13. The number of hydrogen-bond donors (Lipinski definition) is 1. The van der Waals surface area contributed by atoms with Gasteiger partial charge in [-0.3, -0.25) is 4.90 Å². The lowest BCUT2D eigenvalue weighted by molar-refractivity contribution is 0.0985. The van der Waals surface area contributed by atoms with Crippen molar-refractivity contribution in [3.8, 4) is 5.75 Å². The highest BCUT2D eigenvalue weighted by atomic mass is 35.5. The van der Waals surface area contributed by atoms with Crippen LogP contribution in [0.4, 0.5) is 0 Å². The minimum Gasteiger partial charge on any atom is -0.491 e. The summed E-state index contributed by atoms with van der Waals surface area (Å²) in [5.74, 6) is 0.673. The molecule has 1 N–H and O–H groups in total. The van der Waals surface area contributed by atoms with Crippen molar-refractivity contribution in [3.63, 3.8) is 0 Å². The molecule has 2 rings (SSSR count). The van der Waals surface area contributed by atoms with Crippen LogP contribution in [0.1, 0.15) is 25.7 Å². The van der Waals surface area contributed by atoms with Gasteiger partial charge in [0.1, 0.15) is 12.4 Å². The molecule has 0 atom stereocenters. The standard InChI is InChI=1S/C15H21Cl2NO2/c16-12-5-6-15(14(17)11-12)20-10-8-18(7-2-9-19)13-3-1-4-13/h5-6,11,13,19H,1-4,7-10H2. The zero-order valence-electron chi connectivity index (χ0n) is 11.5. The summed E-state index contributed by atoms with van der Waals surface area (Å²) in [6.07, 6.45) is 4.64. The van der Waals surface area contributed by atoms with Crippen molar-refractivity contribution in [3.05, 3.63) is 28.2 Å². The zero-order valence-corrected chi connectivity index (χ0v) is 13.0. The van der Waals surface area contributed by atoms with Gasteiger partial charge in [0.15, 0.2) is 0 Å². The van der Waals surface area contributed by atoms with E-state index in [1.54, 1.807) is 18.2 Å². The molecule has 0 unspecified atom stereocenters. The highest BCUT2D eigenvalue weighted by molar-refractivity contribution is 6.35. The van der Waals surface area contributed by atoms with Gasteiger partial charge < -0.3 is 9.84 Å². The van der Waals surface area contributed by atoms with Crippen LogP contribution in [-0.4, -0.2) is 42.4 Å². The third-order valence-electron chi connectivity index (χ3n) is 3.72. The first-order valence-corrected chi connectivity index (χ1v) is 7.89. The number of aliphatic hydroxyl groups is 1. The van der Waals surface area contributed by atoms with E-state index in [4.69, 9.17) is 33.0 Å². The van der Waals surface area contributed by atoms with Crippen molar-refractivity contribution in [2.75, 3.05) is 26.3 Å². The molecule has 0 saturated heterocycles. The molecule has 0 aliphatic heterocycles. The molecule has 3 nitrogen and oxygen atoms in total. The number of hydrogen-bond acceptors (Lipinski definition) is 3. The van der Waals surface area contributed by atoms with Gasteiger partial charge in [-0.1, -0.05) is 29.6 Å². The van der Waals surface area contributed by atoms with E-state index < -0.39 is 0 Å². The van der Waals surface area contributed by atoms with Crippen molar-refractivity contribution in [1.29, 1.82) is 0 Å². The van der Waals surface area contributed by atoms with Crippen LogP contribution in [0.25, 0.3) is 0 Å². The highest BCUT2D eigenvalue weighted by Crippen LogP contribution is 2.28. The lowest BCUT2D eigenvalue weighted by Crippen LogP contribution is -2.43. The quantitative estimate of drug-likeness (QED) is 0.795. The molecule has 1 aromatic rings. The molecular formula is C15H21Cl2NO2. The predicted molar refractivity (Wildman–Crippen MR) is 82.9 cm³/mol. The molecule has 1 aliphatic rings. The fourth-order valence-corrected chi connectivity index (χ4v) is 2.83. The van der Waals surface area contributed by atoms with Gasteiger partial charge in [-0.2, -0.15) is 0 Å². The number of aliphatic hydroxyl groups excluding tert-OH is 1. The molecule has 1 fully saturated rings. The van der Waals surface area contributed by atoms with Crippen LogP contribution in [0, 0.1) is 0 Å². The molecule has 0 heterocycles. The van der Waals surface area contributed by atoms with Crippen LogP contribution in [0.2, 0.25) is 10.0 Å². The van der Waals surface area contributed by atoms with Crippen LogP contribution in [0.3, 0.4) is 0 Å². The molecule has 1 saturated carbocycles. The van der Waals surface area contributed by atoms with E-state index in [9.17, 15) is 0 Å². The summed E-state index contributed by atoms with van der Waals surface area (Å²) < 4.78 is 5.73. The third-order valence-corrected chi connectivity index (χ3v) is 4.25. The Hall–Kier alpha value is -0.480. The molecular weight excluding hydrogens is 297 g/mol. The number of nitrogens with zero attached hydrogens (tertiary/aromatic N) is 1. The minimum atomic E-state index is 0.243. The van der Waals surface area contributed by atoms with Crippen molar-refractivity contribution in [1.82, 2.24) is 4.90 Å². The SMILES string of the molecule is OCCCN(CCOc1ccc(Cl)cc1Cl)C1CCC1. The molecule has 0 radical (unpaired) electrons. The Labute approximate surface area is 130 Å². The van der Waals surface area contributed by atoms with Crippen LogP contribution < -0.4 is 4.74 Å². The van der Waals surface area contributed by atoms with Crippen molar-refractivity contribution < 1.29 is 9.84 Å². The number of rotatable bonds is 8. The van der Waals surface area contributed by atoms with Crippen LogP contribution in [-0.2, 0) is 0 Å². The molecule has 0 amide bonds. The fourth-order valence-electron chi connectivity index (χ4n) is 2.37. The molecule has 1 aromatic carbocycles. The lowest BCUT2D eigenvalue weighted by Gasteiger charge is -2.37. The fraction of sp³-hybridized carbons (Fsp3) is 0.600. The summed E-state index contributed by atoms with van der Waals surface area (Å²) in [4.78, 5) is 2.41. The van der Waals surface area contributed by atoms with Crippen LogP contribution in [0.15, 0.2) is 18.2 Å². The molecule has 5 heteroatoms. The van der Waals surface area contributed by atoms with Gasteiger partial charge in [-0.25, -0.2) is 0 Å². The van der Waals surface area contributed by atoms with E-state index in [1.807, 2.05) is 0 Å². The number of halogens is 2. The summed E-state index contributed by atoms with van der Waals surface area (Å²) in [5.41, 5.74) is 0. The van der Waals surface area contributed by atoms with E-state index in [1.165, 1.54) is 19.3 Å². The van der Waals surface area contributed by atoms with E-state index in [2.05, 4.69) is 4.90 Å². The van der Waals surface area contributed by atoms with Gasteiger partial charge in [0.2, 0.25) is 0 Å². The first-order chi connectivity index (χ1) is 9.70. The molecule has 0 bridgehead atoms. The van der Waals surface area contributed by atoms with E-state index in [-0.39, 0.29) is 6.61 Å². The second-order valence-electron chi connectivity index (χ2n) is 5.12. The summed E-state index contributed by atoms with van der Waals surface area (Å²) in [5, 5.41) is 10.1. The van der Waals surface area contributed by atoms with Crippen molar-refractivity contribution in [2.45, 2.75) is 31.7 Å². The summed E-state index contributed by atoms with van der Waals surface area (Å²) >= 11 is 11.9. The monoisotopic (exact) mass is 317 g/mol. The molecule has 0 spiro atoms. The Bertz CT molecular complexity index is 424. The second kappa shape index (κ2) is 8.08. The van der Waals surface area contributed by atoms with Crippen molar-refractivity contribution >= 4 is 23.2 Å². The topological polar surface area (TPSA) is 32.7 Å². The van der Waals surface area contributed by atoms with E-state index in [0.29, 0.717) is 28.4 Å². The normalized spacial score (nSPS) is 15.4. The third kappa shape index (κ3) is 4.52. The Morgan fingerprint density at radius 3 is 2.65 bits per heavy atom. The molecule has 1 aliphatic carbocycles. The Balaban J connectivity index is 1.79. The number of ether oxygens (including phenoxy) is 1. The smallest absolute Gasteiger partial charge is 0.138 e. The van der Waals surface area contributed by atoms with Crippen LogP contribution in [0.5, 0.6) is 5.75 Å². The van der Waals surface area contributed by atoms with Gasteiger partial charge in [-0.15, -0.1) is 0 Å². The van der Waals surface area contributed by atoms with Gasteiger partial charge >= 0.3 is 0 Å². The maximum atomic E-state index is 8.97. The Morgan fingerprint density at radius 2 is 2.05 bits per heavy atom. The van der Waals surface area contributed by atoms with E-state index in [0.717, 1.165) is 19.5 Å². The maximum absolute atomic E-state index is 8.97.